The van der Waals surface area contributed by atoms with Crippen molar-refractivity contribution in [3.05, 3.63) is 200 Å². The van der Waals surface area contributed by atoms with Crippen LogP contribution in [0, 0.1) is 0 Å². The van der Waals surface area contributed by atoms with Gasteiger partial charge < -0.3 is 0 Å². The standard InChI is InChI=1S/C50H35N3P2S/c56-55(40-28-26-34-14-7-8-15-35(34)30-40,41-31-36-16-9-11-22-45(36)51-33-41)48-25-13-24-47-49(48)52-50-44-32-39(27-29-42(44)43-21-10-12-23-46(43)53(47)50)54(37-17-3-1-4-18-37)38-19-5-2-6-20-38/h1-33,55-56H. The van der Waals surface area contributed by atoms with Gasteiger partial charge in [0.1, 0.15) is 0 Å². The van der Waals surface area contributed by atoms with Crippen molar-refractivity contribution in [1.29, 1.82) is 0 Å². The fourth-order valence-corrected chi connectivity index (χ4v) is 15.3. The zero-order chi connectivity index (χ0) is 37.2. The van der Waals surface area contributed by atoms with Crippen LogP contribution in [0.2, 0.25) is 0 Å². The van der Waals surface area contributed by atoms with E-state index in [-0.39, 0.29) is 0 Å². The molecule has 0 aliphatic heterocycles. The van der Waals surface area contributed by atoms with E-state index in [2.05, 4.69) is 199 Å². The molecule has 0 atom stereocenters. The minimum absolute atomic E-state index is 0.806. The van der Waals surface area contributed by atoms with Gasteiger partial charge in [-0.2, -0.15) is 0 Å². The zero-order valence-corrected chi connectivity index (χ0v) is 33.1. The number of rotatable bonds is 6. The second-order valence-corrected chi connectivity index (χ2v) is 21.7. The first-order valence-corrected chi connectivity index (χ1v) is 23.5. The van der Waals surface area contributed by atoms with Gasteiger partial charge in [-0.3, -0.25) is 0 Å². The molecule has 0 aliphatic carbocycles. The number of para-hydroxylation sites is 3. The Kier molecular flexibility index (Phi) is 8.00. The first kappa shape index (κ1) is 33.4. The molecule has 0 unspecified atom stereocenters. The van der Waals surface area contributed by atoms with Crippen LogP contribution in [0.3, 0.4) is 0 Å². The predicted molar refractivity (Wildman–Crippen MR) is 248 cm³/mol. The summed E-state index contributed by atoms with van der Waals surface area (Å²) in [7, 11) is -0.806. The second-order valence-electron chi connectivity index (χ2n) is 14.4. The van der Waals surface area contributed by atoms with Gasteiger partial charge in [-0.05, 0) is 0 Å². The molecule has 0 fully saturated rings. The molecule has 3 heterocycles. The van der Waals surface area contributed by atoms with Crippen LogP contribution in [0.4, 0.5) is 0 Å². The number of pyridine rings is 2. The normalized spacial score (nSPS) is 12.5. The fraction of sp³-hybridized carbons (Fsp3) is 0. The third kappa shape index (κ3) is 5.29. The minimum atomic E-state index is -3.03. The van der Waals surface area contributed by atoms with Crippen LogP contribution in [-0.2, 0) is 0 Å². The summed E-state index contributed by atoms with van der Waals surface area (Å²) in [5.41, 5.74) is 5.13. The average Bonchev–Trinajstić information content (AvgIpc) is 3.67. The van der Waals surface area contributed by atoms with Gasteiger partial charge in [0.2, 0.25) is 0 Å². The SMILES string of the molecule is S[PH](c1ccc2ccccc2c1)(c1cnc2ccccc2c1)c1cccc2c1nc1c3cc(P(c4ccccc4)c4ccccc4)ccc3c3ccccc3n21. The van der Waals surface area contributed by atoms with Gasteiger partial charge in [0.15, 0.2) is 0 Å². The summed E-state index contributed by atoms with van der Waals surface area (Å²) in [5, 5.41) is 14.5. The molecular formula is C50H35N3P2S. The Labute approximate surface area is 331 Å². The van der Waals surface area contributed by atoms with E-state index in [9.17, 15) is 0 Å². The summed E-state index contributed by atoms with van der Waals surface area (Å²) in [6.07, 6.45) is 2.05. The molecule has 8 aromatic carbocycles. The van der Waals surface area contributed by atoms with Gasteiger partial charge >= 0.3 is 333 Å². The summed E-state index contributed by atoms with van der Waals surface area (Å²) in [6, 6.07) is 70.4. The van der Waals surface area contributed by atoms with E-state index in [1.165, 1.54) is 42.8 Å². The van der Waals surface area contributed by atoms with Crippen molar-refractivity contribution < 1.29 is 0 Å². The number of hydrogen-bond acceptors (Lipinski definition) is 3. The van der Waals surface area contributed by atoms with Crippen LogP contribution in [0.15, 0.2) is 200 Å². The Balaban J connectivity index is 1.22. The van der Waals surface area contributed by atoms with E-state index in [0.29, 0.717) is 0 Å². The van der Waals surface area contributed by atoms with Crippen molar-refractivity contribution in [2.45, 2.75) is 0 Å². The Bertz CT molecular complexity index is 3170. The molecule has 0 bridgehead atoms. The van der Waals surface area contributed by atoms with E-state index in [1.54, 1.807) is 0 Å². The number of imidazole rings is 1. The molecule has 0 N–H and O–H groups in total. The van der Waals surface area contributed by atoms with Crippen LogP contribution < -0.4 is 31.8 Å². The molecule has 56 heavy (non-hydrogen) atoms. The Hall–Kier alpha value is -5.89. The van der Waals surface area contributed by atoms with E-state index in [0.717, 1.165) is 49.1 Å². The van der Waals surface area contributed by atoms with E-state index >= 15 is 0 Å². The quantitative estimate of drug-likeness (QED) is 0.104. The third-order valence-electron chi connectivity index (χ3n) is 11.2. The summed E-state index contributed by atoms with van der Waals surface area (Å²) < 4.78 is 2.38. The Morgan fingerprint density at radius 1 is 0.464 bits per heavy atom. The number of aromatic nitrogens is 3. The Morgan fingerprint density at radius 2 is 1.12 bits per heavy atom. The van der Waals surface area contributed by atoms with Crippen LogP contribution in [0.5, 0.6) is 0 Å². The van der Waals surface area contributed by atoms with E-state index in [4.69, 9.17) is 22.2 Å². The summed E-state index contributed by atoms with van der Waals surface area (Å²) in [5.74, 6) is 0. The van der Waals surface area contributed by atoms with Crippen molar-refractivity contribution in [2.75, 3.05) is 0 Å². The van der Waals surface area contributed by atoms with Gasteiger partial charge in [0.05, 0.1) is 0 Å². The van der Waals surface area contributed by atoms with Gasteiger partial charge in [-0.15, -0.1) is 0 Å². The van der Waals surface area contributed by atoms with Crippen molar-refractivity contribution in [3.8, 4) is 0 Å². The molecule has 3 nitrogen and oxygen atoms in total. The van der Waals surface area contributed by atoms with Crippen LogP contribution in [-0.4, -0.2) is 14.4 Å². The maximum absolute atomic E-state index is 5.92. The van der Waals surface area contributed by atoms with Gasteiger partial charge in [-0.1, -0.05) is 0 Å². The molecule has 0 saturated heterocycles. The van der Waals surface area contributed by atoms with E-state index in [1.807, 2.05) is 6.07 Å². The van der Waals surface area contributed by atoms with Crippen LogP contribution in [0.1, 0.15) is 0 Å². The molecule has 266 valence electrons. The number of fused-ring (bicyclic) bond motifs is 10. The fourth-order valence-electron chi connectivity index (χ4n) is 8.57. The predicted octanol–water partition coefficient (Wildman–Crippen LogP) is 10.1. The van der Waals surface area contributed by atoms with Gasteiger partial charge in [-0.25, -0.2) is 0 Å². The first-order chi connectivity index (χ1) is 27.6. The first-order valence-electron chi connectivity index (χ1n) is 18.9. The topological polar surface area (TPSA) is 30.2 Å². The number of thiol groups is 1. The Morgan fingerprint density at radius 3 is 1.93 bits per heavy atom. The molecule has 11 aromatic rings. The third-order valence-corrected chi connectivity index (χ3v) is 19.4. The molecule has 3 aromatic heterocycles. The van der Waals surface area contributed by atoms with Gasteiger partial charge in [0, 0.05) is 0 Å². The maximum atomic E-state index is 5.92. The molecule has 0 saturated carbocycles. The molecule has 0 spiro atoms. The molecule has 0 radical (unpaired) electrons. The number of hydrogen-bond donors (Lipinski definition) is 1. The van der Waals surface area contributed by atoms with Crippen LogP contribution >= 0.6 is 26.6 Å². The monoisotopic (exact) mass is 771 g/mol. The van der Waals surface area contributed by atoms with Crippen molar-refractivity contribution >= 4 is 118 Å². The summed E-state index contributed by atoms with van der Waals surface area (Å²) in [4.78, 5) is 10.7. The van der Waals surface area contributed by atoms with Crippen molar-refractivity contribution in [2.24, 2.45) is 0 Å². The van der Waals surface area contributed by atoms with Gasteiger partial charge in [0.25, 0.3) is 0 Å². The average molecular weight is 772 g/mol. The van der Waals surface area contributed by atoms with E-state index < -0.39 is 14.4 Å². The molecule has 11 rings (SSSR count). The summed E-state index contributed by atoms with van der Waals surface area (Å²) >= 11 is 5.92. The molecule has 0 aliphatic rings. The van der Waals surface area contributed by atoms with Crippen molar-refractivity contribution in [3.63, 3.8) is 0 Å². The molecular weight excluding hydrogens is 737 g/mol. The summed E-state index contributed by atoms with van der Waals surface area (Å²) in [6.45, 7) is -3.03. The number of benzene rings is 8. The zero-order valence-electron chi connectivity index (χ0n) is 30.3. The van der Waals surface area contributed by atoms with Crippen LogP contribution in [0.25, 0.3) is 60.0 Å². The second kappa shape index (κ2) is 13.4. The molecule has 6 heteroatoms. The van der Waals surface area contributed by atoms with Crippen molar-refractivity contribution in [1.82, 2.24) is 14.4 Å². The molecule has 0 amide bonds. The number of nitrogens with zero attached hydrogens (tertiary/aromatic N) is 3.